The third-order valence-electron chi connectivity index (χ3n) is 6.34. The van der Waals surface area contributed by atoms with E-state index in [1.54, 1.807) is 41.7 Å². The van der Waals surface area contributed by atoms with Gasteiger partial charge in [-0.05, 0) is 54.6 Å². The first-order valence-electron chi connectivity index (χ1n) is 12.1. The first kappa shape index (κ1) is 24.5. The number of aliphatic hydroxyl groups is 1. The molecule has 1 aliphatic rings. The minimum absolute atomic E-state index is 0.114. The van der Waals surface area contributed by atoms with Crippen molar-refractivity contribution in [1.82, 2.24) is 14.5 Å². The highest BCUT2D eigenvalue weighted by molar-refractivity contribution is 7.10. The maximum atomic E-state index is 13.1. The van der Waals surface area contributed by atoms with Crippen LogP contribution in [0.3, 0.4) is 0 Å². The average Bonchev–Trinajstić information content (AvgIpc) is 3.67. The molecule has 0 bridgehead atoms. The molecule has 2 aromatic heterocycles. The fraction of sp³-hybridized carbons (Fsp3) is 0.207. The van der Waals surface area contributed by atoms with Crippen LogP contribution in [0.25, 0.3) is 5.76 Å². The summed E-state index contributed by atoms with van der Waals surface area (Å²) in [4.78, 5) is 32.6. The zero-order chi connectivity index (χ0) is 25.8. The zero-order valence-electron chi connectivity index (χ0n) is 20.4. The molecule has 0 spiro atoms. The average molecular weight is 514 g/mol. The van der Waals surface area contributed by atoms with E-state index in [1.807, 2.05) is 53.4 Å². The number of carbonyl (C=O) groups is 2. The fourth-order valence-corrected chi connectivity index (χ4v) is 5.37. The van der Waals surface area contributed by atoms with Crippen molar-refractivity contribution < 1.29 is 19.4 Å². The van der Waals surface area contributed by atoms with Crippen molar-refractivity contribution in [2.75, 3.05) is 6.54 Å². The number of nitrogens with zero attached hydrogens (tertiary/aromatic N) is 3. The summed E-state index contributed by atoms with van der Waals surface area (Å²) in [6, 6.07) is 18.2. The molecule has 188 valence electrons. The first-order chi connectivity index (χ1) is 18.0. The lowest BCUT2D eigenvalue weighted by molar-refractivity contribution is -0.139. The van der Waals surface area contributed by atoms with E-state index in [1.165, 1.54) is 16.9 Å². The highest BCUT2D eigenvalue weighted by atomic mass is 32.1. The number of aryl methyl sites for hydroxylation is 2. The normalized spacial score (nSPS) is 16.9. The molecule has 37 heavy (non-hydrogen) atoms. The van der Waals surface area contributed by atoms with Gasteiger partial charge in [-0.15, -0.1) is 11.3 Å². The number of ketones is 1. The van der Waals surface area contributed by atoms with Gasteiger partial charge in [-0.2, -0.15) is 0 Å². The summed E-state index contributed by atoms with van der Waals surface area (Å²) < 4.78 is 7.82. The SMILES string of the molecule is Cc1cccc(COc2ccc(C(O)=C3C(=O)C(=O)N(CCCn4ccnc4)[C@@H]3c3cccs3)cc2)c1. The van der Waals surface area contributed by atoms with Crippen LogP contribution in [0.4, 0.5) is 0 Å². The summed E-state index contributed by atoms with van der Waals surface area (Å²) >= 11 is 1.46. The third kappa shape index (κ3) is 5.34. The van der Waals surface area contributed by atoms with Gasteiger partial charge >= 0.3 is 0 Å². The van der Waals surface area contributed by atoms with E-state index in [2.05, 4.69) is 11.1 Å². The minimum atomic E-state index is -0.668. The van der Waals surface area contributed by atoms with E-state index in [-0.39, 0.29) is 11.3 Å². The number of likely N-dealkylation sites (tertiary alicyclic amines) is 1. The molecule has 1 atom stereocenters. The van der Waals surface area contributed by atoms with Crippen LogP contribution in [-0.4, -0.2) is 37.8 Å². The summed E-state index contributed by atoms with van der Waals surface area (Å²) in [5.41, 5.74) is 2.81. The number of imidazole rings is 1. The van der Waals surface area contributed by atoms with Gasteiger partial charge in [0.15, 0.2) is 0 Å². The Morgan fingerprint density at radius 3 is 2.62 bits per heavy atom. The second kappa shape index (κ2) is 10.8. The number of benzene rings is 2. The highest BCUT2D eigenvalue weighted by Crippen LogP contribution is 2.41. The lowest BCUT2D eigenvalue weighted by Gasteiger charge is -2.24. The van der Waals surface area contributed by atoms with Crippen LogP contribution >= 0.6 is 11.3 Å². The Morgan fingerprint density at radius 2 is 1.92 bits per heavy atom. The number of ether oxygens (including phenoxy) is 1. The van der Waals surface area contributed by atoms with Gasteiger partial charge in [0.1, 0.15) is 18.1 Å². The van der Waals surface area contributed by atoms with Gasteiger partial charge in [0.25, 0.3) is 11.7 Å². The number of aromatic nitrogens is 2. The molecule has 0 aliphatic carbocycles. The molecule has 8 heteroatoms. The Kier molecular flexibility index (Phi) is 7.18. The number of hydrogen-bond acceptors (Lipinski definition) is 6. The molecule has 5 rings (SSSR count). The van der Waals surface area contributed by atoms with Gasteiger partial charge in [-0.25, -0.2) is 4.98 Å². The minimum Gasteiger partial charge on any atom is -0.507 e. The molecular weight excluding hydrogens is 486 g/mol. The number of amides is 1. The van der Waals surface area contributed by atoms with Crippen LogP contribution in [0.15, 0.2) is 90.3 Å². The van der Waals surface area contributed by atoms with Gasteiger partial charge in [0, 0.05) is 35.9 Å². The number of hydrogen-bond donors (Lipinski definition) is 1. The van der Waals surface area contributed by atoms with Crippen molar-refractivity contribution in [1.29, 1.82) is 0 Å². The van der Waals surface area contributed by atoms with Gasteiger partial charge < -0.3 is 19.3 Å². The van der Waals surface area contributed by atoms with Gasteiger partial charge in [0.2, 0.25) is 0 Å². The Labute approximate surface area is 219 Å². The standard InChI is InChI=1S/C29H27N3O4S/c1-20-5-2-6-21(17-20)18-36-23-10-8-22(9-11-23)27(33)25-26(24-7-3-16-37-24)32(29(35)28(25)34)14-4-13-31-15-12-30-19-31/h2-3,5-12,15-17,19,26,33H,4,13-14,18H2,1H3/t26-/m1/s1. The van der Waals surface area contributed by atoms with Crippen LogP contribution < -0.4 is 4.74 Å². The van der Waals surface area contributed by atoms with Crippen LogP contribution in [-0.2, 0) is 22.7 Å². The molecule has 0 saturated carbocycles. The first-order valence-corrected chi connectivity index (χ1v) is 13.0. The fourth-order valence-electron chi connectivity index (χ4n) is 4.53. The smallest absolute Gasteiger partial charge is 0.295 e. The Morgan fingerprint density at radius 1 is 1.08 bits per heavy atom. The number of Topliss-reactive ketones (excluding diaryl/α,β-unsaturated/α-hetero) is 1. The Hall–Kier alpha value is -4.17. The van der Waals surface area contributed by atoms with Crippen molar-refractivity contribution in [3.05, 3.63) is 112 Å². The van der Waals surface area contributed by atoms with Crippen LogP contribution in [0.1, 0.15) is 34.0 Å². The molecule has 1 aliphatic heterocycles. The van der Waals surface area contributed by atoms with Gasteiger partial charge in [-0.1, -0.05) is 35.9 Å². The molecule has 3 heterocycles. The molecule has 1 saturated heterocycles. The molecule has 4 aromatic rings. The molecule has 0 unspecified atom stereocenters. The van der Waals surface area contributed by atoms with E-state index < -0.39 is 17.7 Å². The van der Waals surface area contributed by atoms with E-state index >= 15 is 0 Å². The zero-order valence-corrected chi connectivity index (χ0v) is 21.2. The van der Waals surface area contributed by atoms with Crippen molar-refractivity contribution in [2.45, 2.75) is 32.5 Å². The summed E-state index contributed by atoms with van der Waals surface area (Å²) in [5.74, 6) is -0.797. The molecule has 1 fully saturated rings. The monoisotopic (exact) mass is 513 g/mol. The molecular formula is C29H27N3O4S. The molecule has 1 N–H and O–H groups in total. The summed E-state index contributed by atoms with van der Waals surface area (Å²) in [6.45, 7) is 3.52. The largest absolute Gasteiger partial charge is 0.507 e. The number of carbonyl (C=O) groups excluding carboxylic acids is 2. The van der Waals surface area contributed by atoms with Crippen LogP contribution in [0.2, 0.25) is 0 Å². The number of aliphatic hydroxyl groups excluding tert-OH is 1. The van der Waals surface area contributed by atoms with Crippen LogP contribution in [0.5, 0.6) is 5.75 Å². The van der Waals surface area contributed by atoms with Gasteiger partial charge in [0.05, 0.1) is 17.9 Å². The van der Waals surface area contributed by atoms with E-state index in [9.17, 15) is 14.7 Å². The van der Waals surface area contributed by atoms with Crippen LogP contribution in [0, 0.1) is 6.92 Å². The maximum Gasteiger partial charge on any atom is 0.295 e. The number of thiophene rings is 1. The van der Waals surface area contributed by atoms with E-state index in [4.69, 9.17) is 4.74 Å². The van der Waals surface area contributed by atoms with Crippen molar-refractivity contribution in [2.24, 2.45) is 0 Å². The lowest BCUT2D eigenvalue weighted by atomic mass is 10.00. The summed E-state index contributed by atoms with van der Waals surface area (Å²) in [5, 5.41) is 13.1. The Bertz CT molecular complexity index is 1410. The number of rotatable bonds is 9. The Balaban J connectivity index is 1.37. The maximum absolute atomic E-state index is 13.1. The molecule has 2 aromatic carbocycles. The topological polar surface area (TPSA) is 84.7 Å². The second-order valence-corrected chi connectivity index (χ2v) is 9.94. The molecule has 0 radical (unpaired) electrons. The summed E-state index contributed by atoms with van der Waals surface area (Å²) in [7, 11) is 0. The van der Waals surface area contributed by atoms with E-state index in [0.717, 1.165) is 10.4 Å². The van der Waals surface area contributed by atoms with Crippen molar-refractivity contribution in [3.8, 4) is 5.75 Å². The predicted molar refractivity (Wildman–Crippen MR) is 142 cm³/mol. The van der Waals surface area contributed by atoms with Crippen molar-refractivity contribution >= 4 is 28.8 Å². The van der Waals surface area contributed by atoms with E-state index in [0.29, 0.717) is 37.4 Å². The van der Waals surface area contributed by atoms with Crippen molar-refractivity contribution in [3.63, 3.8) is 0 Å². The van der Waals surface area contributed by atoms with Gasteiger partial charge in [-0.3, -0.25) is 9.59 Å². The predicted octanol–water partition coefficient (Wildman–Crippen LogP) is 5.34. The highest BCUT2D eigenvalue weighted by Gasteiger charge is 2.46. The molecule has 1 amide bonds. The molecule has 7 nitrogen and oxygen atoms in total. The second-order valence-electron chi connectivity index (χ2n) is 8.96. The summed E-state index contributed by atoms with van der Waals surface area (Å²) in [6.07, 6.45) is 5.94. The quantitative estimate of drug-likeness (QED) is 0.185. The lowest BCUT2D eigenvalue weighted by Crippen LogP contribution is -2.31. The third-order valence-corrected chi connectivity index (χ3v) is 7.27.